The second kappa shape index (κ2) is 4.75. The Bertz CT molecular complexity index is 333. The Kier molecular flexibility index (Phi) is 3.89. The van der Waals surface area contributed by atoms with E-state index in [4.69, 9.17) is 27.9 Å². The number of nitrogens with zero attached hydrogens (tertiary/aromatic N) is 1. The van der Waals surface area contributed by atoms with Crippen LogP contribution in [0, 0.1) is 0 Å². The topological polar surface area (TPSA) is 22.1 Å². The van der Waals surface area contributed by atoms with Crippen LogP contribution in [0.4, 0.5) is 8.78 Å². The maximum absolute atomic E-state index is 12.3. The van der Waals surface area contributed by atoms with Gasteiger partial charge >= 0.3 is 0 Å². The Hall–Kier alpha value is -0.610. The predicted molar refractivity (Wildman–Crippen MR) is 50.3 cm³/mol. The number of methoxy groups -OCH3 is 1. The van der Waals surface area contributed by atoms with E-state index < -0.39 is 12.1 Å². The van der Waals surface area contributed by atoms with Gasteiger partial charge in [-0.2, -0.15) is 0 Å². The van der Waals surface area contributed by atoms with Crippen LogP contribution >= 0.6 is 23.2 Å². The van der Waals surface area contributed by atoms with Gasteiger partial charge in [0.25, 0.3) is 6.43 Å². The van der Waals surface area contributed by atoms with E-state index in [1.165, 1.54) is 13.2 Å². The molecular formula is C8H7Cl2F2NO. The molecule has 0 aliphatic rings. The van der Waals surface area contributed by atoms with E-state index >= 15 is 0 Å². The van der Waals surface area contributed by atoms with Crippen molar-refractivity contribution in [1.82, 2.24) is 4.98 Å². The van der Waals surface area contributed by atoms with Crippen molar-refractivity contribution in [3.8, 4) is 5.75 Å². The number of ether oxygens (including phenoxy) is 1. The van der Waals surface area contributed by atoms with Crippen molar-refractivity contribution < 1.29 is 13.5 Å². The fourth-order valence-corrected chi connectivity index (χ4v) is 1.37. The molecule has 0 bridgehead atoms. The molecule has 0 spiro atoms. The first-order chi connectivity index (χ1) is 6.60. The molecule has 78 valence electrons. The largest absolute Gasteiger partial charge is 0.495 e. The summed E-state index contributed by atoms with van der Waals surface area (Å²) in [5.74, 6) is 0.314. The Morgan fingerprint density at radius 3 is 2.64 bits per heavy atom. The van der Waals surface area contributed by atoms with Gasteiger partial charge < -0.3 is 4.74 Å². The third-order valence-corrected chi connectivity index (χ3v) is 2.15. The van der Waals surface area contributed by atoms with E-state index in [1.807, 2.05) is 0 Å². The molecule has 0 fully saturated rings. The van der Waals surface area contributed by atoms with Gasteiger partial charge in [0, 0.05) is 6.07 Å². The third-order valence-electron chi connectivity index (χ3n) is 1.60. The number of aromatic nitrogens is 1. The van der Waals surface area contributed by atoms with Gasteiger partial charge in [-0.3, -0.25) is 0 Å². The van der Waals surface area contributed by atoms with Crippen LogP contribution in [0.1, 0.15) is 17.8 Å². The van der Waals surface area contributed by atoms with Gasteiger partial charge in [-0.25, -0.2) is 13.8 Å². The molecule has 1 rings (SSSR count). The molecule has 1 aromatic heterocycles. The molecule has 6 heteroatoms. The SMILES string of the molecule is COc1cc(Cl)c(C(F)F)nc1CCl. The standard InChI is InChI=1S/C8H7Cl2F2NO/c1-14-6-2-4(10)7(8(11)12)13-5(6)3-9/h2,8H,3H2,1H3. The summed E-state index contributed by atoms with van der Waals surface area (Å²) in [6.45, 7) is 0. The van der Waals surface area contributed by atoms with Crippen molar-refractivity contribution in [2.75, 3.05) is 7.11 Å². The van der Waals surface area contributed by atoms with Crippen LogP contribution in [-0.4, -0.2) is 12.1 Å². The van der Waals surface area contributed by atoms with Crippen LogP contribution in [0.2, 0.25) is 5.02 Å². The van der Waals surface area contributed by atoms with Gasteiger partial charge in [-0.1, -0.05) is 11.6 Å². The molecule has 0 atom stereocenters. The van der Waals surface area contributed by atoms with Gasteiger partial charge in [0.15, 0.2) is 0 Å². The van der Waals surface area contributed by atoms with E-state index in [2.05, 4.69) is 4.98 Å². The summed E-state index contributed by atoms with van der Waals surface area (Å²) in [7, 11) is 1.39. The van der Waals surface area contributed by atoms with Gasteiger partial charge in [0.2, 0.25) is 0 Å². The van der Waals surface area contributed by atoms with Gasteiger partial charge in [0.1, 0.15) is 11.4 Å². The van der Waals surface area contributed by atoms with Crippen molar-refractivity contribution in [2.24, 2.45) is 0 Å². The molecule has 0 radical (unpaired) electrons. The van der Waals surface area contributed by atoms with Crippen molar-refractivity contribution in [3.63, 3.8) is 0 Å². The minimum Gasteiger partial charge on any atom is -0.495 e. The third kappa shape index (κ3) is 2.25. The molecule has 0 unspecified atom stereocenters. The smallest absolute Gasteiger partial charge is 0.281 e. The fourth-order valence-electron chi connectivity index (χ4n) is 0.952. The normalized spacial score (nSPS) is 10.7. The van der Waals surface area contributed by atoms with E-state index in [-0.39, 0.29) is 16.6 Å². The number of hydrogen-bond donors (Lipinski definition) is 0. The first kappa shape index (κ1) is 11.5. The van der Waals surface area contributed by atoms with Crippen LogP contribution in [-0.2, 0) is 5.88 Å². The first-order valence-electron chi connectivity index (χ1n) is 3.67. The number of alkyl halides is 3. The van der Waals surface area contributed by atoms with E-state index in [1.54, 1.807) is 0 Å². The number of pyridine rings is 1. The Morgan fingerprint density at radius 1 is 1.57 bits per heavy atom. The molecule has 0 aliphatic carbocycles. The minimum absolute atomic E-state index is 0.0000617. The Morgan fingerprint density at radius 2 is 2.21 bits per heavy atom. The molecule has 0 aromatic carbocycles. The fraction of sp³-hybridized carbons (Fsp3) is 0.375. The van der Waals surface area contributed by atoms with Gasteiger partial charge in [-0.05, 0) is 0 Å². The second-order valence-corrected chi connectivity index (χ2v) is 3.11. The van der Waals surface area contributed by atoms with Crippen molar-refractivity contribution in [3.05, 3.63) is 22.5 Å². The zero-order valence-corrected chi connectivity index (χ0v) is 8.74. The lowest BCUT2D eigenvalue weighted by Crippen LogP contribution is -1.99. The molecule has 2 nitrogen and oxygen atoms in total. The molecule has 1 heterocycles. The first-order valence-corrected chi connectivity index (χ1v) is 4.58. The van der Waals surface area contributed by atoms with Crippen LogP contribution in [0.25, 0.3) is 0 Å². The summed E-state index contributed by atoms with van der Waals surface area (Å²) in [5, 5.41) is -0.120. The van der Waals surface area contributed by atoms with E-state index in [9.17, 15) is 8.78 Å². The van der Waals surface area contributed by atoms with Crippen molar-refractivity contribution in [2.45, 2.75) is 12.3 Å². The Labute approximate surface area is 89.8 Å². The zero-order valence-electron chi connectivity index (χ0n) is 7.23. The number of hydrogen-bond acceptors (Lipinski definition) is 2. The quantitative estimate of drug-likeness (QED) is 0.757. The van der Waals surface area contributed by atoms with Crippen LogP contribution in [0.15, 0.2) is 6.07 Å². The van der Waals surface area contributed by atoms with Crippen LogP contribution in [0.5, 0.6) is 5.75 Å². The van der Waals surface area contributed by atoms with Gasteiger partial charge in [-0.15, -0.1) is 11.6 Å². The summed E-state index contributed by atoms with van der Waals surface area (Å²) >= 11 is 11.1. The highest BCUT2D eigenvalue weighted by Crippen LogP contribution is 2.30. The summed E-state index contributed by atoms with van der Waals surface area (Å²) < 4.78 is 29.6. The monoisotopic (exact) mass is 241 g/mol. The Balaban J connectivity index is 3.23. The minimum atomic E-state index is -2.71. The number of halogens is 4. The maximum atomic E-state index is 12.3. The average Bonchev–Trinajstić information content (AvgIpc) is 2.16. The van der Waals surface area contributed by atoms with E-state index in [0.717, 1.165) is 0 Å². The second-order valence-electron chi connectivity index (χ2n) is 2.44. The molecule has 14 heavy (non-hydrogen) atoms. The summed E-state index contributed by atoms with van der Waals surface area (Å²) in [5.41, 5.74) is -0.211. The van der Waals surface area contributed by atoms with Crippen LogP contribution < -0.4 is 4.74 Å². The average molecular weight is 242 g/mol. The lowest BCUT2D eigenvalue weighted by molar-refractivity contribution is 0.146. The molecule has 0 saturated heterocycles. The lowest BCUT2D eigenvalue weighted by Gasteiger charge is -2.09. The predicted octanol–water partition coefficient (Wildman–Crippen LogP) is 3.42. The molecule has 1 aromatic rings. The zero-order chi connectivity index (χ0) is 10.7. The molecule has 0 aliphatic heterocycles. The molecule has 0 N–H and O–H groups in total. The molecule has 0 saturated carbocycles. The molecular weight excluding hydrogens is 235 g/mol. The summed E-state index contributed by atoms with van der Waals surface area (Å²) in [6.07, 6.45) is -2.71. The highest BCUT2D eigenvalue weighted by molar-refractivity contribution is 6.31. The summed E-state index contributed by atoms with van der Waals surface area (Å²) in [6, 6.07) is 1.29. The van der Waals surface area contributed by atoms with Crippen molar-refractivity contribution >= 4 is 23.2 Å². The highest BCUT2D eigenvalue weighted by atomic mass is 35.5. The lowest BCUT2D eigenvalue weighted by atomic mass is 10.3. The van der Waals surface area contributed by atoms with Gasteiger partial charge in [0.05, 0.1) is 23.7 Å². The maximum Gasteiger partial charge on any atom is 0.281 e. The molecule has 0 amide bonds. The summed E-state index contributed by atoms with van der Waals surface area (Å²) in [4.78, 5) is 3.62. The van der Waals surface area contributed by atoms with Crippen molar-refractivity contribution in [1.29, 1.82) is 0 Å². The number of rotatable bonds is 3. The van der Waals surface area contributed by atoms with Crippen LogP contribution in [0.3, 0.4) is 0 Å². The van der Waals surface area contributed by atoms with E-state index in [0.29, 0.717) is 5.75 Å². The highest BCUT2D eigenvalue weighted by Gasteiger charge is 2.17.